The summed E-state index contributed by atoms with van der Waals surface area (Å²) in [4.78, 5) is 10.5. The second-order valence-corrected chi connectivity index (χ2v) is 3.67. The van der Waals surface area contributed by atoms with Gasteiger partial charge < -0.3 is 20.6 Å². The number of carbonyl (C=O) groups is 1. The van der Waals surface area contributed by atoms with E-state index in [4.69, 9.17) is 15.3 Å². The van der Waals surface area contributed by atoms with Crippen molar-refractivity contribution in [3.8, 4) is 0 Å². The highest BCUT2D eigenvalue weighted by atomic mass is 16.4. The van der Waals surface area contributed by atoms with Crippen LogP contribution in [-0.4, -0.2) is 47.6 Å². The lowest BCUT2D eigenvalue weighted by Crippen LogP contribution is -2.21. The molecular formula is C13H21NO4. The van der Waals surface area contributed by atoms with Crippen LogP contribution in [0.3, 0.4) is 0 Å². The number of aliphatic carboxylic acids is 1. The van der Waals surface area contributed by atoms with Gasteiger partial charge in [-0.2, -0.15) is 0 Å². The third-order valence-corrected chi connectivity index (χ3v) is 2.25. The molecule has 0 aliphatic carbocycles. The summed E-state index contributed by atoms with van der Waals surface area (Å²) in [7, 11) is 0. The number of aliphatic hydroxyl groups excluding tert-OH is 2. The van der Waals surface area contributed by atoms with Crippen molar-refractivity contribution in [2.24, 2.45) is 0 Å². The fraction of sp³-hybridized carbons (Fsp3) is 0.462. The van der Waals surface area contributed by atoms with Crippen molar-refractivity contribution in [3.63, 3.8) is 0 Å². The quantitative estimate of drug-likeness (QED) is 0.554. The largest absolute Gasteiger partial charge is 0.481 e. The Bertz CT molecular complexity index is 312. The standard InChI is InChI=1S/C9H10O2.C4H11NO2/c1-7(9(10)11)8-5-3-2-4-6-8;6-3-1-5-2-4-7/h2-7H,1H3,(H,10,11);5-7H,1-4H2. The average Bonchev–Trinajstić information content (AvgIpc) is 2.40. The Morgan fingerprint density at radius 1 is 1.17 bits per heavy atom. The molecule has 1 unspecified atom stereocenters. The molecule has 0 spiro atoms. The Hall–Kier alpha value is -1.43. The first-order valence-corrected chi connectivity index (χ1v) is 5.83. The number of hydrogen-bond donors (Lipinski definition) is 4. The molecule has 0 fully saturated rings. The first-order valence-electron chi connectivity index (χ1n) is 5.83. The van der Waals surface area contributed by atoms with E-state index in [1.165, 1.54) is 0 Å². The van der Waals surface area contributed by atoms with Crippen molar-refractivity contribution in [3.05, 3.63) is 35.9 Å². The maximum absolute atomic E-state index is 10.5. The van der Waals surface area contributed by atoms with Crippen molar-refractivity contribution in [2.45, 2.75) is 12.8 Å². The molecule has 0 aliphatic heterocycles. The van der Waals surface area contributed by atoms with Crippen molar-refractivity contribution in [1.29, 1.82) is 0 Å². The van der Waals surface area contributed by atoms with Crippen LogP contribution in [-0.2, 0) is 4.79 Å². The molecule has 1 rings (SSSR count). The Kier molecular flexibility index (Phi) is 9.86. The van der Waals surface area contributed by atoms with Gasteiger partial charge in [0, 0.05) is 13.1 Å². The fourth-order valence-electron chi connectivity index (χ4n) is 1.17. The molecule has 0 aliphatic rings. The predicted octanol–water partition coefficient (Wildman–Crippen LogP) is 0.435. The summed E-state index contributed by atoms with van der Waals surface area (Å²) in [6.07, 6.45) is 0. The minimum atomic E-state index is -0.781. The van der Waals surface area contributed by atoms with Crippen LogP contribution in [0, 0.1) is 0 Å². The van der Waals surface area contributed by atoms with Gasteiger partial charge in [0.2, 0.25) is 0 Å². The lowest BCUT2D eigenvalue weighted by Gasteiger charge is -2.04. The number of nitrogens with one attached hydrogen (secondary N) is 1. The van der Waals surface area contributed by atoms with Gasteiger partial charge >= 0.3 is 5.97 Å². The third kappa shape index (κ3) is 7.78. The van der Waals surface area contributed by atoms with Crippen molar-refractivity contribution >= 4 is 5.97 Å². The Labute approximate surface area is 107 Å². The minimum Gasteiger partial charge on any atom is -0.481 e. The van der Waals surface area contributed by atoms with E-state index in [1.54, 1.807) is 6.92 Å². The van der Waals surface area contributed by atoms with E-state index in [-0.39, 0.29) is 13.2 Å². The van der Waals surface area contributed by atoms with Gasteiger partial charge in [0.15, 0.2) is 0 Å². The molecule has 5 heteroatoms. The van der Waals surface area contributed by atoms with E-state index in [0.717, 1.165) is 5.56 Å². The first-order chi connectivity index (χ1) is 8.63. The van der Waals surface area contributed by atoms with Crippen LogP contribution in [0.4, 0.5) is 0 Å². The van der Waals surface area contributed by atoms with Gasteiger partial charge in [0.05, 0.1) is 19.1 Å². The van der Waals surface area contributed by atoms with Crippen LogP contribution >= 0.6 is 0 Å². The molecule has 102 valence electrons. The maximum Gasteiger partial charge on any atom is 0.310 e. The molecule has 18 heavy (non-hydrogen) atoms. The average molecular weight is 255 g/mol. The van der Waals surface area contributed by atoms with Crippen LogP contribution in [0.25, 0.3) is 0 Å². The zero-order valence-corrected chi connectivity index (χ0v) is 10.5. The summed E-state index contributed by atoms with van der Waals surface area (Å²) in [6.45, 7) is 3.10. The van der Waals surface area contributed by atoms with Gasteiger partial charge in [-0.25, -0.2) is 0 Å². The number of carboxylic acids is 1. The summed E-state index contributed by atoms with van der Waals surface area (Å²) in [5.41, 5.74) is 0.847. The van der Waals surface area contributed by atoms with Crippen molar-refractivity contribution < 1.29 is 20.1 Å². The molecule has 1 aromatic rings. The Morgan fingerprint density at radius 2 is 1.67 bits per heavy atom. The molecule has 5 nitrogen and oxygen atoms in total. The third-order valence-electron chi connectivity index (χ3n) is 2.25. The summed E-state index contributed by atoms with van der Waals surface area (Å²) in [6, 6.07) is 9.19. The van der Waals surface area contributed by atoms with Crippen LogP contribution in [0.15, 0.2) is 30.3 Å². The summed E-state index contributed by atoms with van der Waals surface area (Å²) in [5.74, 6) is -1.19. The molecule has 0 heterocycles. The highest BCUT2D eigenvalue weighted by molar-refractivity contribution is 5.75. The number of aliphatic hydroxyl groups is 2. The van der Waals surface area contributed by atoms with Crippen LogP contribution in [0.5, 0.6) is 0 Å². The number of carboxylic acid groups (broad SMARTS) is 1. The summed E-state index contributed by atoms with van der Waals surface area (Å²) in [5, 5.41) is 27.7. The van der Waals surface area contributed by atoms with E-state index < -0.39 is 11.9 Å². The van der Waals surface area contributed by atoms with Gasteiger partial charge in [0.25, 0.3) is 0 Å². The van der Waals surface area contributed by atoms with Gasteiger partial charge in [0.1, 0.15) is 0 Å². The molecule has 0 amide bonds. The van der Waals surface area contributed by atoms with Gasteiger partial charge in [-0.15, -0.1) is 0 Å². The van der Waals surface area contributed by atoms with Gasteiger partial charge in [-0.3, -0.25) is 4.79 Å². The minimum absolute atomic E-state index is 0.139. The number of rotatable bonds is 6. The first kappa shape index (κ1) is 16.6. The molecule has 0 radical (unpaired) electrons. The Balaban J connectivity index is 0.000000360. The molecule has 1 aromatic carbocycles. The number of hydrogen-bond acceptors (Lipinski definition) is 4. The van der Waals surface area contributed by atoms with E-state index >= 15 is 0 Å². The van der Waals surface area contributed by atoms with Crippen LogP contribution < -0.4 is 5.32 Å². The Morgan fingerprint density at radius 3 is 2.06 bits per heavy atom. The maximum atomic E-state index is 10.5. The summed E-state index contributed by atoms with van der Waals surface area (Å²) >= 11 is 0. The predicted molar refractivity (Wildman–Crippen MR) is 69.5 cm³/mol. The second kappa shape index (κ2) is 10.7. The SMILES string of the molecule is CC(C(=O)O)c1ccccc1.OCCNCCO. The number of benzene rings is 1. The zero-order valence-electron chi connectivity index (χ0n) is 10.5. The summed E-state index contributed by atoms with van der Waals surface area (Å²) < 4.78 is 0. The highest BCUT2D eigenvalue weighted by Gasteiger charge is 2.11. The topological polar surface area (TPSA) is 89.8 Å². The van der Waals surface area contributed by atoms with E-state index in [1.807, 2.05) is 30.3 Å². The smallest absolute Gasteiger partial charge is 0.310 e. The van der Waals surface area contributed by atoms with Crippen LogP contribution in [0.2, 0.25) is 0 Å². The van der Waals surface area contributed by atoms with Crippen molar-refractivity contribution in [2.75, 3.05) is 26.3 Å². The molecule has 0 saturated heterocycles. The fourth-order valence-corrected chi connectivity index (χ4v) is 1.17. The molecule has 0 saturated carbocycles. The lowest BCUT2D eigenvalue weighted by atomic mass is 10.0. The van der Waals surface area contributed by atoms with E-state index in [0.29, 0.717) is 13.1 Å². The normalized spacial score (nSPS) is 11.3. The monoisotopic (exact) mass is 255 g/mol. The molecule has 0 aromatic heterocycles. The highest BCUT2D eigenvalue weighted by Crippen LogP contribution is 2.13. The van der Waals surface area contributed by atoms with E-state index in [9.17, 15) is 4.79 Å². The van der Waals surface area contributed by atoms with Gasteiger partial charge in [-0.1, -0.05) is 30.3 Å². The molecule has 0 bridgehead atoms. The lowest BCUT2D eigenvalue weighted by molar-refractivity contribution is -0.138. The molecule has 4 N–H and O–H groups in total. The van der Waals surface area contributed by atoms with E-state index in [2.05, 4.69) is 5.32 Å². The zero-order chi connectivity index (χ0) is 13.8. The van der Waals surface area contributed by atoms with Gasteiger partial charge in [-0.05, 0) is 12.5 Å². The second-order valence-electron chi connectivity index (χ2n) is 3.67. The molecular weight excluding hydrogens is 234 g/mol. The molecule has 1 atom stereocenters. The van der Waals surface area contributed by atoms with Crippen LogP contribution in [0.1, 0.15) is 18.4 Å². The van der Waals surface area contributed by atoms with Crippen molar-refractivity contribution in [1.82, 2.24) is 5.32 Å².